The van der Waals surface area contributed by atoms with Crippen molar-refractivity contribution >= 4 is 40.1 Å². The summed E-state index contributed by atoms with van der Waals surface area (Å²) in [6.07, 6.45) is 2.29. The van der Waals surface area contributed by atoms with Crippen LogP contribution in [0.4, 0.5) is 0 Å². The molecule has 0 unspecified atom stereocenters. The minimum Gasteiger partial charge on any atom is -0.388 e. The van der Waals surface area contributed by atoms with Crippen molar-refractivity contribution in [1.82, 2.24) is 24.3 Å². The summed E-state index contributed by atoms with van der Waals surface area (Å²) in [5.74, 6) is -0.163. The number of morpholine rings is 1. The summed E-state index contributed by atoms with van der Waals surface area (Å²) < 4.78 is 9.03. The highest BCUT2D eigenvalue weighted by Crippen LogP contribution is 2.30. The highest BCUT2D eigenvalue weighted by Gasteiger charge is 2.35. The number of nitrogens with one attached hydrogen (secondary N) is 1. The lowest BCUT2D eigenvalue weighted by Crippen LogP contribution is -2.49. The molecule has 4 aromatic rings. The van der Waals surface area contributed by atoms with Crippen LogP contribution in [0, 0.1) is 13.8 Å². The Morgan fingerprint density at radius 3 is 2.58 bits per heavy atom. The van der Waals surface area contributed by atoms with Crippen molar-refractivity contribution < 1.29 is 14.6 Å². The van der Waals surface area contributed by atoms with Gasteiger partial charge in [0.15, 0.2) is 5.65 Å². The van der Waals surface area contributed by atoms with Gasteiger partial charge in [0, 0.05) is 25.3 Å². The smallest absolute Gasteiger partial charge is 0.262 e. The molecule has 2 atom stereocenters. The van der Waals surface area contributed by atoms with Crippen molar-refractivity contribution in [3.8, 4) is 5.69 Å². The minimum atomic E-state index is -1.17. The van der Waals surface area contributed by atoms with E-state index in [0.29, 0.717) is 59.3 Å². The molecule has 1 amide bonds. The molecule has 43 heavy (non-hydrogen) atoms. The fraction of sp³-hybridized carbons (Fsp3) is 0.406. The molecule has 0 aliphatic carbocycles. The summed E-state index contributed by atoms with van der Waals surface area (Å²) in [6, 6.07) is 13.2. The first-order chi connectivity index (χ1) is 20.5. The number of carbonyl (C=O) groups excluding carboxylic acids is 1. The number of aliphatic hydroxyl groups is 1. The van der Waals surface area contributed by atoms with Crippen LogP contribution in [0.2, 0.25) is 10.2 Å². The first-order valence-electron chi connectivity index (χ1n) is 14.5. The summed E-state index contributed by atoms with van der Waals surface area (Å²) in [7, 11) is 0. The zero-order valence-corrected chi connectivity index (χ0v) is 26.0. The lowest BCUT2D eigenvalue weighted by atomic mass is 9.91. The Hall–Kier alpha value is -3.21. The third kappa shape index (κ3) is 5.84. The SMILES string of the molecule is Cc1ccc(C(=O)N2CCC(O)(Cn3cnc4c(cc(Cl)n4-c4ccc([C@H]5CO[C@H](C)CN5)c(C)c4)c3=O)CC2)c(Cl)c1. The van der Waals surface area contributed by atoms with E-state index in [1.165, 1.54) is 10.9 Å². The number of aryl methyl sites for hydroxylation is 2. The van der Waals surface area contributed by atoms with E-state index in [1.54, 1.807) is 27.7 Å². The van der Waals surface area contributed by atoms with E-state index < -0.39 is 5.60 Å². The van der Waals surface area contributed by atoms with Gasteiger partial charge in [0.05, 0.1) is 46.9 Å². The van der Waals surface area contributed by atoms with Gasteiger partial charge in [-0.25, -0.2) is 4.98 Å². The lowest BCUT2D eigenvalue weighted by molar-refractivity contribution is -0.0299. The maximum atomic E-state index is 13.6. The molecule has 0 saturated carbocycles. The van der Waals surface area contributed by atoms with Crippen molar-refractivity contribution in [2.45, 2.75) is 57.9 Å². The number of nitrogens with zero attached hydrogens (tertiary/aromatic N) is 4. The highest BCUT2D eigenvalue weighted by atomic mass is 35.5. The third-order valence-electron chi connectivity index (χ3n) is 8.63. The summed E-state index contributed by atoms with van der Waals surface area (Å²) in [4.78, 5) is 32.9. The van der Waals surface area contributed by atoms with Gasteiger partial charge >= 0.3 is 0 Å². The van der Waals surface area contributed by atoms with E-state index in [9.17, 15) is 14.7 Å². The van der Waals surface area contributed by atoms with Crippen LogP contribution in [0.1, 0.15) is 52.9 Å². The average molecular weight is 625 g/mol. The van der Waals surface area contributed by atoms with Gasteiger partial charge in [-0.3, -0.25) is 18.7 Å². The van der Waals surface area contributed by atoms with Crippen molar-refractivity contribution in [1.29, 1.82) is 0 Å². The summed E-state index contributed by atoms with van der Waals surface area (Å²) in [5.41, 5.74) is 3.47. The molecule has 2 aliphatic heterocycles. The van der Waals surface area contributed by atoms with Crippen LogP contribution in [0.3, 0.4) is 0 Å². The Kier molecular flexibility index (Phi) is 8.12. The van der Waals surface area contributed by atoms with E-state index in [-0.39, 0.29) is 30.2 Å². The van der Waals surface area contributed by atoms with Crippen LogP contribution in [0.5, 0.6) is 0 Å². The van der Waals surface area contributed by atoms with Gasteiger partial charge < -0.3 is 20.1 Å². The Bertz CT molecular complexity index is 1750. The molecule has 0 bridgehead atoms. The van der Waals surface area contributed by atoms with Gasteiger partial charge in [-0.05, 0) is 80.6 Å². The third-order valence-corrected chi connectivity index (χ3v) is 9.22. The molecule has 2 aromatic heterocycles. The molecule has 0 spiro atoms. The molecular weight excluding hydrogens is 589 g/mol. The van der Waals surface area contributed by atoms with E-state index >= 15 is 0 Å². The zero-order chi connectivity index (χ0) is 30.5. The summed E-state index contributed by atoms with van der Waals surface area (Å²) in [6.45, 7) is 8.19. The second-order valence-electron chi connectivity index (χ2n) is 11.9. The van der Waals surface area contributed by atoms with Gasteiger partial charge in [0.1, 0.15) is 11.5 Å². The predicted octanol–water partition coefficient (Wildman–Crippen LogP) is 4.83. The van der Waals surface area contributed by atoms with E-state index in [4.69, 9.17) is 27.9 Å². The predicted molar refractivity (Wildman–Crippen MR) is 168 cm³/mol. The first kappa shape index (κ1) is 29.8. The van der Waals surface area contributed by atoms with Crippen molar-refractivity contribution in [3.63, 3.8) is 0 Å². The average Bonchev–Trinajstić information content (AvgIpc) is 3.32. The van der Waals surface area contributed by atoms with Gasteiger partial charge in [0.25, 0.3) is 11.5 Å². The van der Waals surface area contributed by atoms with Crippen molar-refractivity contribution in [2.24, 2.45) is 0 Å². The van der Waals surface area contributed by atoms with Crippen LogP contribution in [-0.4, -0.2) is 68.0 Å². The molecule has 2 N–H and O–H groups in total. The molecule has 2 fully saturated rings. The van der Waals surface area contributed by atoms with E-state index in [0.717, 1.165) is 28.9 Å². The fourth-order valence-electron chi connectivity index (χ4n) is 6.09. The molecule has 2 saturated heterocycles. The number of aromatic nitrogens is 3. The monoisotopic (exact) mass is 623 g/mol. The van der Waals surface area contributed by atoms with Crippen molar-refractivity contribution in [2.75, 3.05) is 26.2 Å². The standard InChI is InChI=1S/C32H35Cl2N5O4/c1-19-4-6-24(26(33)12-19)30(40)37-10-8-32(42,9-11-37)17-38-18-36-29-25(31(38)41)14-28(34)39(29)22-5-7-23(20(2)13-22)27-16-43-21(3)15-35-27/h4-7,12-14,18,21,27,35,42H,8-11,15-17H2,1-3H3/t21-,27-/m1/s1. The van der Waals surface area contributed by atoms with E-state index in [1.807, 2.05) is 32.0 Å². The second kappa shape index (κ2) is 11.7. The summed E-state index contributed by atoms with van der Waals surface area (Å²) in [5, 5.41) is 16.1. The van der Waals surface area contributed by atoms with Gasteiger partial charge in [0.2, 0.25) is 0 Å². The van der Waals surface area contributed by atoms with Gasteiger partial charge in [-0.2, -0.15) is 0 Å². The Morgan fingerprint density at radius 2 is 1.91 bits per heavy atom. The van der Waals surface area contributed by atoms with Crippen LogP contribution in [0.25, 0.3) is 16.7 Å². The maximum absolute atomic E-state index is 13.6. The zero-order valence-electron chi connectivity index (χ0n) is 24.4. The number of piperidine rings is 1. The number of hydrogen-bond acceptors (Lipinski definition) is 6. The number of rotatable bonds is 5. The second-order valence-corrected chi connectivity index (χ2v) is 12.7. The van der Waals surface area contributed by atoms with Crippen LogP contribution in [-0.2, 0) is 11.3 Å². The number of hydrogen-bond donors (Lipinski definition) is 2. The van der Waals surface area contributed by atoms with Crippen LogP contribution < -0.4 is 10.9 Å². The largest absolute Gasteiger partial charge is 0.388 e. The number of ether oxygens (including phenoxy) is 1. The first-order valence-corrected chi connectivity index (χ1v) is 15.3. The number of likely N-dealkylation sites (tertiary alicyclic amines) is 1. The number of fused-ring (bicyclic) bond motifs is 1. The minimum absolute atomic E-state index is 0.0633. The molecule has 226 valence electrons. The van der Waals surface area contributed by atoms with Crippen molar-refractivity contribution in [3.05, 3.63) is 91.6 Å². The van der Waals surface area contributed by atoms with E-state index in [2.05, 4.69) is 23.3 Å². The van der Waals surface area contributed by atoms with Gasteiger partial charge in [-0.1, -0.05) is 35.3 Å². The Morgan fingerprint density at radius 1 is 1.14 bits per heavy atom. The number of carbonyl (C=O) groups is 1. The number of amides is 1. The normalized spacial score (nSPS) is 20.5. The molecule has 4 heterocycles. The molecule has 11 heteroatoms. The molecule has 2 aromatic carbocycles. The number of benzene rings is 2. The lowest BCUT2D eigenvalue weighted by Gasteiger charge is -2.38. The molecule has 2 aliphatic rings. The molecule has 0 radical (unpaired) electrons. The Balaban J connectivity index is 1.19. The molecular formula is C32H35Cl2N5O4. The van der Waals surface area contributed by atoms with Crippen LogP contribution >= 0.6 is 23.2 Å². The molecule has 6 rings (SSSR count). The quantitative estimate of drug-likeness (QED) is 0.330. The molecule has 9 nitrogen and oxygen atoms in total. The Labute approximate surface area is 260 Å². The fourth-order valence-corrected chi connectivity index (χ4v) is 6.69. The number of halogens is 2. The highest BCUT2D eigenvalue weighted by molar-refractivity contribution is 6.34. The topological polar surface area (TPSA) is 102 Å². The van der Waals surface area contributed by atoms with Crippen LogP contribution in [0.15, 0.2) is 53.6 Å². The van der Waals surface area contributed by atoms with Gasteiger partial charge in [-0.15, -0.1) is 0 Å². The summed E-state index contributed by atoms with van der Waals surface area (Å²) >= 11 is 13.0. The maximum Gasteiger partial charge on any atom is 0.262 e.